The Balaban J connectivity index is 1.62. The molecule has 0 atom stereocenters. The zero-order chi connectivity index (χ0) is 29.2. The molecular weight excluding hydrogens is 555 g/mol. The van der Waals surface area contributed by atoms with Crippen molar-refractivity contribution in [3.05, 3.63) is 63.3 Å². The van der Waals surface area contributed by atoms with Gasteiger partial charge in [-0.25, -0.2) is 4.68 Å². The number of ether oxygens (including phenoxy) is 1. The van der Waals surface area contributed by atoms with Gasteiger partial charge in [0.05, 0.1) is 22.4 Å². The number of rotatable bonds is 11. The fourth-order valence-electron chi connectivity index (χ4n) is 4.06. The van der Waals surface area contributed by atoms with E-state index in [0.29, 0.717) is 33.2 Å². The fourth-order valence-corrected chi connectivity index (χ4v) is 5.09. The molecule has 14 heteroatoms. The molecule has 0 amide bonds. The van der Waals surface area contributed by atoms with Crippen LogP contribution in [0.2, 0.25) is 0 Å². The summed E-state index contributed by atoms with van der Waals surface area (Å²) in [6.45, 7) is 1.81. The van der Waals surface area contributed by atoms with E-state index in [-0.39, 0.29) is 10.4 Å². The molecule has 2 aromatic heterocycles. The van der Waals surface area contributed by atoms with Crippen molar-refractivity contribution in [3.63, 3.8) is 0 Å². The van der Waals surface area contributed by atoms with Gasteiger partial charge in [-0.15, -0.1) is 16.4 Å². The fraction of sp³-hybridized carbons (Fsp3) is 0.308. The number of nitrogens with zero attached hydrogens (tertiary/aromatic N) is 3. The Morgan fingerprint density at radius 1 is 1.05 bits per heavy atom. The number of aryl methyl sites for hydroxylation is 1. The summed E-state index contributed by atoms with van der Waals surface area (Å²) in [5.41, 5.74) is -4.88. The molecule has 10 nitrogen and oxygen atoms in total. The minimum absolute atomic E-state index is 0.125. The maximum absolute atomic E-state index is 13.1. The molecule has 0 bridgehead atoms. The molecular formula is C26H22F3N3O7S. The van der Waals surface area contributed by atoms with E-state index < -0.39 is 65.2 Å². The highest BCUT2D eigenvalue weighted by Gasteiger charge is 2.48. The van der Waals surface area contributed by atoms with Crippen molar-refractivity contribution in [2.75, 3.05) is 6.61 Å². The Kier molecular flexibility index (Phi) is 7.91. The van der Waals surface area contributed by atoms with Gasteiger partial charge in [0.2, 0.25) is 0 Å². The highest BCUT2D eigenvalue weighted by molar-refractivity contribution is 7.20. The van der Waals surface area contributed by atoms with Crippen molar-refractivity contribution < 1.29 is 42.5 Å². The summed E-state index contributed by atoms with van der Waals surface area (Å²) in [4.78, 5) is 50.5. The van der Waals surface area contributed by atoms with Gasteiger partial charge in [-0.1, -0.05) is 12.1 Å². The number of Topliss-reactive ketones (excluding diaryl/α,β-unsaturated/α-hetero) is 1. The molecule has 0 radical (unpaired) electrons. The van der Waals surface area contributed by atoms with Crippen molar-refractivity contribution in [2.45, 2.75) is 38.9 Å². The van der Waals surface area contributed by atoms with E-state index in [1.807, 2.05) is 6.92 Å². The van der Waals surface area contributed by atoms with Gasteiger partial charge in [0, 0.05) is 17.7 Å². The summed E-state index contributed by atoms with van der Waals surface area (Å²) >= 11 is 1.05. The van der Waals surface area contributed by atoms with Gasteiger partial charge >= 0.3 is 18.1 Å². The minimum atomic E-state index is -4.73. The van der Waals surface area contributed by atoms with Crippen LogP contribution in [0.1, 0.15) is 41.4 Å². The lowest BCUT2D eigenvalue weighted by Crippen LogP contribution is -2.43. The Bertz CT molecular complexity index is 1670. The molecule has 0 unspecified atom stereocenters. The van der Waals surface area contributed by atoms with E-state index in [0.717, 1.165) is 29.9 Å². The topological polar surface area (TPSA) is 149 Å². The Morgan fingerprint density at radius 3 is 2.42 bits per heavy atom. The van der Waals surface area contributed by atoms with Crippen LogP contribution in [-0.4, -0.2) is 49.5 Å². The van der Waals surface area contributed by atoms with Crippen molar-refractivity contribution >= 4 is 50.0 Å². The number of carboxylic acid groups (broad SMARTS) is 2. The number of thiophene rings is 1. The molecule has 0 saturated carbocycles. The van der Waals surface area contributed by atoms with Crippen molar-refractivity contribution in [3.8, 4) is 5.75 Å². The number of carbonyl (C=O) groups is 3. The predicted octanol–water partition coefficient (Wildman–Crippen LogP) is 4.63. The number of hydrogen-bond acceptors (Lipinski definition) is 8. The molecule has 0 aliphatic carbocycles. The number of carboxylic acids is 2. The lowest BCUT2D eigenvalue weighted by molar-refractivity contribution is -0.165. The van der Waals surface area contributed by atoms with Gasteiger partial charge in [-0.3, -0.25) is 19.2 Å². The molecule has 2 aromatic carbocycles. The summed E-state index contributed by atoms with van der Waals surface area (Å²) in [7, 11) is 0. The third-order valence-electron chi connectivity index (χ3n) is 6.32. The number of benzene rings is 2. The monoisotopic (exact) mass is 577 g/mol. The van der Waals surface area contributed by atoms with Gasteiger partial charge < -0.3 is 14.9 Å². The maximum atomic E-state index is 13.1. The van der Waals surface area contributed by atoms with Crippen LogP contribution in [0.3, 0.4) is 0 Å². The van der Waals surface area contributed by atoms with E-state index in [1.54, 1.807) is 18.2 Å². The highest BCUT2D eigenvalue weighted by atomic mass is 32.1. The normalized spacial score (nSPS) is 12.1. The lowest BCUT2D eigenvalue weighted by atomic mass is 9.79. The van der Waals surface area contributed by atoms with Crippen LogP contribution in [0.15, 0.2) is 47.3 Å². The first kappa shape index (κ1) is 28.7. The lowest BCUT2D eigenvalue weighted by Gasteiger charge is -2.24. The zero-order valence-corrected chi connectivity index (χ0v) is 21.7. The summed E-state index contributed by atoms with van der Waals surface area (Å²) in [6.07, 6.45) is -5.63. The molecule has 0 aliphatic heterocycles. The number of carbonyl (C=O) groups excluding carboxylic acids is 1. The third-order valence-corrected chi connectivity index (χ3v) is 7.46. The molecule has 2 heterocycles. The first-order valence-corrected chi connectivity index (χ1v) is 12.8. The smallest absolute Gasteiger partial charge is 0.416 e. The predicted molar refractivity (Wildman–Crippen MR) is 138 cm³/mol. The Labute approximate surface area is 227 Å². The van der Waals surface area contributed by atoms with Gasteiger partial charge in [0.1, 0.15) is 11.3 Å². The first-order valence-electron chi connectivity index (χ1n) is 12.0. The summed E-state index contributed by atoms with van der Waals surface area (Å²) < 4.78 is 46.2. The molecule has 2 N–H and O–H groups in total. The van der Waals surface area contributed by atoms with Crippen molar-refractivity contribution in [1.29, 1.82) is 0 Å². The summed E-state index contributed by atoms with van der Waals surface area (Å²) in [5, 5.41) is 27.4. The largest absolute Gasteiger partial charge is 0.494 e. The maximum Gasteiger partial charge on any atom is 0.416 e. The zero-order valence-electron chi connectivity index (χ0n) is 20.9. The van der Waals surface area contributed by atoms with E-state index >= 15 is 0 Å². The molecule has 40 heavy (non-hydrogen) atoms. The van der Waals surface area contributed by atoms with Gasteiger partial charge in [0.15, 0.2) is 11.2 Å². The van der Waals surface area contributed by atoms with E-state index in [2.05, 4.69) is 10.3 Å². The van der Waals surface area contributed by atoms with Crippen LogP contribution < -0.4 is 10.3 Å². The molecule has 0 fully saturated rings. The van der Waals surface area contributed by atoms with Gasteiger partial charge in [-0.2, -0.15) is 13.2 Å². The quantitative estimate of drug-likeness (QED) is 0.192. The number of aromatic nitrogens is 3. The van der Waals surface area contributed by atoms with Crippen LogP contribution in [0.4, 0.5) is 13.2 Å². The highest BCUT2D eigenvalue weighted by Crippen LogP contribution is 2.35. The van der Waals surface area contributed by atoms with Crippen LogP contribution in [0, 0.1) is 5.41 Å². The molecule has 4 aromatic rings. The standard InChI is InChI=1S/C26H22F3N3O7S/c1-2-9-39-16-5-3-14-10-21(40-20(14)12-16)19(33)13-25(23(35)36,24(37)38)7-8-32-22(34)17-11-15(26(27,28)29)4-6-18(17)30-31-32/h3-6,10-12H,2,7-9,13H2,1H3,(H,35,36)(H,37,38). The number of alkyl halides is 3. The van der Waals surface area contributed by atoms with E-state index in [4.69, 9.17) is 4.74 Å². The van der Waals surface area contributed by atoms with Crippen LogP contribution in [0.5, 0.6) is 5.75 Å². The molecule has 0 aliphatic rings. The summed E-state index contributed by atoms with van der Waals surface area (Å²) in [6, 6.07) is 8.99. The number of halogens is 3. The number of aliphatic carboxylic acids is 2. The molecule has 0 spiro atoms. The molecule has 210 valence electrons. The SMILES string of the molecule is CCCOc1ccc2cc(C(=O)CC(CCn3nnc4ccc(C(F)(F)F)cc4c3=O)(C(=O)O)C(=O)O)sc2c1. The van der Waals surface area contributed by atoms with Gasteiger partial charge in [0.25, 0.3) is 5.56 Å². The first-order chi connectivity index (χ1) is 18.9. The number of fused-ring (bicyclic) bond motifs is 2. The van der Waals surface area contributed by atoms with Crippen LogP contribution >= 0.6 is 11.3 Å². The van der Waals surface area contributed by atoms with E-state index in [9.17, 15) is 42.6 Å². The Hall–Kier alpha value is -4.33. The van der Waals surface area contributed by atoms with Gasteiger partial charge in [-0.05, 0) is 60.7 Å². The second-order valence-electron chi connectivity index (χ2n) is 9.05. The number of hydrogen-bond donors (Lipinski definition) is 2. The second kappa shape index (κ2) is 11.0. The second-order valence-corrected chi connectivity index (χ2v) is 10.1. The Morgan fingerprint density at radius 2 is 1.77 bits per heavy atom. The molecule has 0 saturated heterocycles. The number of ketones is 1. The van der Waals surface area contributed by atoms with E-state index in [1.165, 1.54) is 6.07 Å². The van der Waals surface area contributed by atoms with Crippen molar-refractivity contribution in [1.82, 2.24) is 15.0 Å². The average molecular weight is 578 g/mol. The minimum Gasteiger partial charge on any atom is -0.494 e. The average Bonchev–Trinajstić information content (AvgIpc) is 3.33. The third kappa shape index (κ3) is 5.66. The van der Waals surface area contributed by atoms with Crippen LogP contribution in [-0.2, 0) is 22.3 Å². The van der Waals surface area contributed by atoms with Crippen LogP contribution in [0.25, 0.3) is 21.0 Å². The summed E-state index contributed by atoms with van der Waals surface area (Å²) in [5.74, 6) is -3.78. The molecule has 4 rings (SSSR count). The van der Waals surface area contributed by atoms with Crippen molar-refractivity contribution in [2.24, 2.45) is 5.41 Å².